The molecule has 1 aromatic heterocycles. The van der Waals surface area contributed by atoms with E-state index in [-0.39, 0.29) is 10.7 Å². The first-order chi connectivity index (χ1) is 8.42. The Morgan fingerprint density at radius 3 is 2.78 bits per heavy atom. The summed E-state index contributed by atoms with van der Waals surface area (Å²) in [5, 5.41) is 5.97. The molecule has 0 aliphatic rings. The second-order valence-electron chi connectivity index (χ2n) is 3.69. The van der Waals surface area contributed by atoms with Crippen molar-refractivity contribution in [3.63, 3.8) is 0 Å². The number of nitrogens with one attached hydrogen (secondary N) is 2. The van der Waals surface area contributed by atoms with Gasteiger partial charge >= 0.3 is 0 Å². The normalized spacial score (nSPS) is 11.4. The van der Waals surface area contributed by atoms with Crippen molar-refractivity contribution in [2.75, 3.05) is 10.5 Å². The van der Waals surface area contributed by atoms with Gasteiger partial charge < -0.3 is 5.73 Å². The number of benzene rings is 1. The largest absolute Gasteiger partial charge is 0.383 e. The quantitative estimate of drug-likeness (QED) is 0.799. The maximum Gasteiger partial charge on any atom is 0.267 e. The molecule has 0 amide bonds. The third-order valence-corrected chi connectivity index (χ3v) is 4.80. The molecule has 0 bridgehead atoms. The highest BCUT2D eigenvalue weighted by molar-refractivity contribution is 9.10. The zero-order valence-corrected chi connectivity index (χ0v) is 11.8. The highest BCUT2D eigenvalue weighted by atomic mass is 79.9. The molecule has 0 fully saturated rings. The van der Waals surface area contributed by atoms with Crippen molar-refractivity contribution in [2.45, 2.75) is 11.8 Å². The van der Waals surface area contributed by atoms with Gasteiger partial charge in [-0.25, -0.2) is 8.42 Å². The molecule has 6 nitrogen and oxygen atoms in total. The summed E-state index contributed by atoms with van der Waals surface area (Å²) >= 11 is 3.33. The lowest BCUT2D eigenvalue weighted by Crippen LogP contribution is -2.14. The van der Waals surface area contributed by atoms with Gasteiger partial charge in [0.15, 0.2) is 0 Å². The summed E-state index contributed by atoms with van der Waals surface area (Å²) in [5.74, 6) is 0.00581. The highest BCUT2D eigenvalue weighted by Crippen LogP contribution is 2.28. The number of aromatic nitrogens is 2. The third kappa shape index (κ3) is 2.34. The molecule has 96 valence electrons. The molecule has 18 heavy (non-hydrogen) atoms. The van der Waals surface area contributed by atoms with E-state index in [1.54, 1.807) is 12.1 Å². The van der Waals surface area contributed by atoms with Gasteiger partial charge in [-0.05, 0) is 34.5 Å². The van der Waals surface area contributed by atoms with Gasteiger partial charge in [0.1, 0.15) is 10.7 Å². The van der Waals surface area contributed by atoms with Crippen LogP contribution in [0.1, 0.15) is 5.56 Å². The van der Waals surface area contributed by atoms with E-state index in [0.29, 0.717) is 10.2 Å². The molecule has 4 N–H and O–H groups in total. The van der Waals surface area contributed by atoms with E-state index in [0.717, 1.165) is 5.56 Å². The number of nitrogen functional groups attached to an aromatic ring is 1. The van der Waals surface area contributed by atoms with Crippen LogP contribution in [-0.2, 0) is 10.0 Å². The number of hydrogen-bond donors (Lipinski definition) is 3. The van der Waals surface area contributed by atoms with Crippen LogP contribution in [0.5, 0.6) is 0 Å². The predicted octanol–water partition coefficient (Wildman–Crippen LogP) is 1.86. The Kier molecular flexibility index (Phi) is 3.31. The zero-order valence-electron chi connectivity index (χ0n) is 9.44. The maximum absolute atomic E-state index is 12.1. The topological polar surface area (TPSA) is 101 Å². The maximum atomic E-state index is 12.1. The number of rotatable bonds is 3. The van der Waals surface area contributed by atoms with E-state index in [1.165, 1.54) is 6.20 Å². The summed E-state index contributed by atoms with van der Waals surface area (Å²) in [6.45, 7) is 1.87. The van der Waals surface area contributed by atoms with Gasteiger partial charge in [-0.2, -0.15) is 5.10 Å². The molecule has 8 heteroatoms. The third-order valence-electron chi connectivity index (χ3n) is 2.36. The number of hydrogen-bond acceptors (Lipinski definition) is 4. The number of H-pyrrole nitrogens is 1. The summed E-state index contributed by atoms with van der Waals surface area (Å²) < 4.78 is 27.3. The Labute approximate surface area is 113 Å². The summed E-state index contributed by atoms with van der Waals surface area (Å²) in [4.78, 5) is -0.0732. The fourth-order valence-corrected chi connectivity index (χ4v) is 3.02. The van der Waals surface area contributed by atoms with Gasteiger partial charge in [0, 0.05) is 4.47 Å². The number of nitrogens with zero attached hydrogens (tertiary/aromatic N) is 1. The molecule has 0 spiro atoms. The van der Waals surface area contributed by atoms with Crippen molar-refractivity contribution < 1.29 is 8.42 Å². The molecule has 2 rings (SSSR count). The van der Waals surface area contributed by atoms with Gasteiger partial charge in [-0.15, -0.1) is 0 Å². The summed E-state index contributed by atoms with van der Waals surface area (Å²) in [7, 11) is -3.74. The van der Waals surface area contributed by atoms with E-state index < -0.39 is 10.0 Å². The van der Waals surface area contributed by atoms with Crippen molar-refractivity contribution in [3.05, 3.63) is 34.4 Å². The van der Waals surface area contributed by atoms with E-state index in [9.17, 15) is 8.42 Å². The molecule has 1 heterocycles. The molecular weight excluding hydrogens is 320 g/mol. The monoisotopic (exact) mass is 330 g/mol. The lowest BCUT2D eigenvalue weighted by molar-refractivity contribution is 0.601. The summed E-state index contributed by atoms with van der Waals surface area (Å²) in [5.41, 5.74) is 6.88. The van der Waals surface area contributed by atoms with Gasteiger partial charge in [0.05, 0.1) is 11.9 Å². The molecule has 0 saturated carbocycles. The second-order valence-corrected chi connectivity index (χ2v) is 6.13. The van der Waals surface area contributed by atoms with Crippen LogP contribution in [-0.4, -0.2) is 18.6 Å². The molecule has 2 aromatic rings. The van der Waals surface area contributed by atoms with E-state index in [1.807, 2.05) is 13.0 Å². The molecule has 0 saturated heterocycles. The second kappa shape index (κ2) is 4.62. The minimum atomic E-state index is -3.74. The van der Waals surface area contributed by atoms with Gasteiger partial charge in [0.2, 0.25) is 0 Å². The average Bonchev–Trinajstić information content (AvgIpc) is 2.72. The van der Waals surface area contributed by atoms with Crippen LogP contribution < -0.4 is 10.5 Å². The highest BCUT2D eigenvalue weighted by Gasteiger charge is 2.20. The number of aryl methyl sites for hydroxylation is 1. The average molecular weight is 331 g/mol. The zero-order chi connectivity index (χ0) is 13.3. The van der Waals surface area contributed by atoms with Crippen LogP contribution in [0.4, 0.5) is 11.5 Å². The molecule has 0 atom stereocenters. The van der Waals surface area contributed by atoms with Crippen LogP contribution >= 0.6 is 15.9 Å². The molecule has 0 unspecified atom stereocenters. The van der Waals surface area contributed by atoms with E-state index >= 15 is 0 Å². The summed E-state index contributed by atoms with van der Waals surface area (Å²) in [6, 6.07) is 5.29. The Morgan fingerprint density at radius 1 is 1.44 bits per heavy atom. The SMILES string of the molecule is Cc1cccc(NS(=O)(=O)c2cn[nH]c2N)c1Br. The predicted molar refractivity (Wildman–Crippen MR) is 72.7 cm³/mol. The van der Waals surface area contributed by atoms with Gasteiger partial charge in [0.25, 0.3) is 10.0 Å². The lowest BCUT2D eigenvalue weighted by atomic mass is 10.2. The fourth-order valence-electron chi connectivity index (χ4n) is 1.43. The van der Waals surface area contributed by atoms with Crippen LogP contribution in [0.15, 0.2) is 33.8 Å². The number of sulfonamides is 1. The van der Waals surface area contributed by atoms with Crippen LogP contribution in [0, 0.1) is 6.92 Å². The number of halogens is 1. The van der Waals surface area contributed by atoms with Gasteiger partial charge in [-0.1, -0.05) is 12.1 Å². The molecule has 1 aromatic carbocycles. The van der Waals surface area contributed by atoms with Crippen molar-refractivity contribution in [3.8, 4) is 0 Å². The Balaban J connectivity index is 2.40. The van der Waals surface area contributed by atoms with Crippen LogP contribution in [0.25, 0.3) is 0 Å². The molecule has 0 aliphatic heterocycles. The van der Waals surface area contributed by atoms with Crippen molar-refractivity contribution in [1.29, 1.82) is 0 Å². The van der Waals surface area contributed by atoms with E-state index in [4.69, 9.17) is 5.73 Å². The molecule has 0 radical (unpaired) electrons. The number of nitrogens with two attached hydrogens (primary N) is 1. The number of aromatic amines is 1. The van der Waals surface area contributed by atoms with Crippen LogP contribution in [0.2, 0.25) is 0 Å². The molecular formula is C10H11BrN4O2S. The lowest BCUT2D eigenvalue weighted by Gasteiger charge is -2.10. The van der Waals surface area contributed by atoms with Crippen LogP contribution in [0.3, 0.4) is 0 Å². The Bertz CT molecular complexity index is 681. The fraction of sp³-hybridized carbons (Fsp3) is 0.100. The first kappa shape index (κ1) is 12.9. The molecule has 0 aliphatic carbocycles. The van der Waals surface area contributed by atoms with Crippen molar-refractivity contribution >= 4 is 37.5 Å². The first-order valence-electron chi connectivity index (χ1n) is 4.98. The Hall–Kier alpha value is -1.54. The standard InChI is InChI=1S/C10H11BrN4O2S/c1-6-3-2-4-7(9(6)11)15-18(16,17)8-5-13-14-10(8)12/h2-5,15H,1H3,(H3,12,13,14). The van der Waals surface area contributed by atoms with Crippen molar-refractivity contribution in [2.24, 2.45) is 0 Å². The van der Waals surface area contributed by atoms with Crippen molar-refractivity contribution in [1.82, 2.24) is 10.2 Å². The van der Waals surface area contributed by atoms with E-state index in [2.05, 4.69) is 30.8 Å². The smallest absolute Gasteiger partial charge is 0.267 e. The number of anilines is 2. The minimum Gasteiger partial charge on any atom is -0.383 e. The minimum absolute atomic E-state index is 0.00581. The first-order valence-corrected chi connectivity index (χ1v) is 7.26. The van der Waals surface area contributed by atoms with Gasteiger partial charge in [-0.3, -0.25) is 9.82 Å². The Morgan fingerprint density at radius 2 is 2.17 bits per heavy atom. The summed E-state index contributed by atoms with van der Waals surface area (Å²) in [6.07, 6.45) is 1.17.